The molecular weight excluding hydrogens is 240 g/mol. The SMILES string of the molecule is CC1COc2cccc3c2B(O1)OC3CN.Cl. The fourth-order valence-electron chi connectivity index (χ4n) is 2.25. The highest BCUT2D eigenvalue weighted by Crippen LogP contribution is 2.30. The Morgan fingerprint density at radius 1 is 1.41 bits per heavy atom. The molecule has 2 N–H and O–H groups in total. The molecule has 1 aromatic rings. The summed E-state index contributed by atoms with van der Waals surface area (Å²) in [4.78, 5) is 0. The van der Waals surface area contributed by atoms with Crippen molar-refractivity contribution in [3.63, 3.8) is 0 Å². The Kier molecular flexibility index (Phi) is 3.63. The van der Waals surface area contributed by atoms with E-state index < -0.39 is 0 Å². The first-order valence-electron chi connectivity index (χ1n) is 5.56. The summed E-state index contributed by atoms with van der Waals surface area (Å²) < 4.78 is 17.3. The van der Waals surface area contributed by atoms with Crippen LogP contribution >= 0.6 is 12.4 Å². The Morgan fingerprint density at radius 2 is 2.24 bits per heavy atom. The van der Waals surface area contributed by atoms with E-state index in [2.05, 4.69) is 0 Å². The fourth-order valence-corrected chi connectivity index (χ4v) is 2.25. The summed E-state index contributed by atoms with van der Waals surface area (Å²) in [5, 5.41) is 0. The Balaban J connectivity index is 0.00000108. The molecule has 2 heterocycles. The standard InChI is InChI=1S/C11H14BNO3.ClH/c1-7-6-14-9-4-2-3-8-10(5-13)16-12(15-7)11(8)9;/h2-4,7,10H,5-6,13H2,1H3;1H. The topological polar surface area (TPSA) is 53.7 Å². The molecule has 2 aliphatic heterocycles. The Labute approximate surface area is 107 Å². The van der Waals surface area contributed by atoms with Crippen molar-refractivity contribution >= 4 is 25.0 Å². The minimum atomic E-state index is -0.322. The van der Waals surface area contributed by atoms with Gasteiger partial charge in [0.25, 0.3) is 0 Å². The molecule has 0 aliphatic carbocycles. The van der Waals surface area contributed by atoms with Crippen LogP contribution in [0.1, 0.15) is 18.6 Å². The van der Waals surface area contributed by atoms with Crippen molar-refractivity contribution in [1.82, 2.24) is 0 Å². The predicted octanol–water partition coefficient (Wildman–Crippen LogP) is 0.631. The molecule has 0 saturated carbocycles. The van der Waals surface area contributed by atoms with E-state index in [9.17, 15) is 0 Å². The summed E-state index contributed by atoms with van der Waals surface area (Å²) in [6.45, 7) is 3.00. The van der Waals surface area contributed by atoms with Gasteiger partial charge in [0.15, 0.2) is 0 Å². The molecule has 3 rings (SSSR count). The molecule has 2 atom stereocenters. The van der Waals surface area contributed by atoms with Crippen LogP contribution in [0.3, 0.4) is 0 Å². The first-order chi connectivity index (χ1) is 7.79. The van der Waals surface area contributed by atoms with Crippen molar-refractivity contribution in [1.29, 1.82) is 0 Å². The maximum atomic E-state index is 5.79. The fraction of sp³-hybridized carbons (Fsp3) is 0.455. The van der Waals surface area contributed by atoms with Crippen LogP contribution in [0.25, 0.3) is 0 Å². The van der Waals surface area contributed by atoms with Gasteiger partial charge in [-0.15, -0.1) is 12.4 Å². The summed E-state index contributed by atoms with van der Waals surface area (Å²) in [7, 11) is -0.322. The lowest BCUT2D eigenvalue weighted by molar-refractivity contribution is 0.101. The Hall–Kier alpha value is -0.745. The third-order valence-corrected chi connectivity index (χ3v) is 3.01. The highest BCUT2D eigenvalue weighted by molar-refractivity contribution is 6.64. The lowest BCUT2D eigenvalue weighted by Crippen LogP contribution is -2.34. The molecule has 2 aliphatic rings. The third kappa shape index (κ3) is 2.04. The van der Waals surface area contributed by atoms with Crippen molar-refractivity contribution in [3.8, 4) is 5.75 Å². The van der Waals surface area contributed by atoms with Crippen LogP contribution in [0.2, 0.25) is 0 Å². The van der Waals surface area contributed by atoms with E-state index in [1.807, 2.05) is 25.1 Å². The van der Waals surface area contributed by atoms with Gasteiger partial charge in [-0.05, 0) is 18.6 Å². The quantitative estimate of drug-likeness (QED) is 0.748. The van der Waals surface area contributed by atoms with Crippen LogP contribution in [-0.2, 0) is 9.31 Å². The van der Waals surface area contributed by atoms with Crippen molar-refractivity contribution < 1.29 is 14.0 Å². The maximum Gasteiger partial charge on any atom is 0.498 e. The van der Waals surface area contributed by atoms with Crippen LogP contribution in [0.4, 0.5) is 0 Å². The summed E-state index contributed by atoms with van der Waals surface area (Å²) >= 11 is 0. The van der Waals surface area contributed by atoms with Crippen molar-refractivity contribution in [2.24, 2.45) is 5.73 Å². The first-order valence-corrected chi connectivity index (χ1v) is 5.56. The van der Waals surface area contributed by atoms with E-state index in [-0.39, 0.29) is 31.7 Å². The lowest BCUT2D eigenvalue weighted by Gasteiger charge is -2.15. The van der Waals surface area contributed by atoms with Gasteiger partial charge in [-0.3, -0.25) is 0 Å². The summed E-state index contributed by atoms with van der Waals surface area (Å²) in [6, 6.07) is 5.95. The minimum Gasteiger partial charge on any atom is -0.491 e. The zero-order chi connectivity index (χ0) is 11.1. The smallest absolute Gasteiger partial charge is 0.491 e. The zero-order valence-corrected chi connectivity index (χ0v) is 10.4. The van der Waals surface area contributed by atoms with Crippen LogP contribution in [0.5, 0.6) is 5.75 Å². The first kappa shape index (κ1) is 12.7. The summed E-state index contributed by atoms with van der Waals surface area (Å²) in [6.07, 6.45) is -0.0457. The molecule has 0 radical (unpaired) electrons. The van der Waals surface area contributed by atoms with Gasteiger partial charge in [0.05, 0.1) is 12.2 Å². The summed E-state index contributed by atoms with van der Waals surface area (Å²) in [5.74, 6) is 0.864. The number of rotatable bonds is 1. The zero-order valence-electron chi connectivity index (χ0n) is 9.59. The predicted molar refractivity (Wildman–Crippen MR) is 68.0 cm³/mol. The second-order valence-electron chi connectivity index (χ2n) is 4.21. The van der Waals surface area contributed by atoms with Gasteiger partial charge in [0, 0.05) is 12.0 Å². The molecule has 0 saturated heterocycles. The van der Waals surface area contributed by atoms with Gasteiger partial charge in [-0.2, -0.15) is 0 Å². The van der Waals surface area contributed by atoms with Gasteiger partial charge in [-0.1, -0.05) is 12.1 Å². The minimum absolute atomic E-state index is 0. The molecule has 6 heteroatoms. The second-order valence-corrected chi connectivity index (χ2v) is 4.21. The number of hydrogen-bond donors (Lipinski definition) is 1. The van der Waals surface area contributed by atoms with E-state index in [1.54, 1.807) is 0 Å². The summed E-state index contributed by atoms with van der Waals surface area (Å²) in [5.41, 5.74) is 7.80. The highest BCUT2D eigenvalue weighted by atomic mass is 35.5. The maximum absolute atomic E-state index is 5.79. The normalized spacial score (nSPS) is 25.6. The number of halogens is 1. The van der Waals surface area contributed by atoms with Crippen LogP contribution in [0, 0.1) is 0 Å². The third-order valence-electron chi connectivity index (χ3n) is 3.01. The average Bonchev–Trinajstić information content (AvgIpc) is 2.56. The molecule has 4 nitrogen and oxygen atoms in total. The second kappa shape index (κ2) is 4.86. The van der Waals surface area contributed by atoms with E-state index in [4.69, 9.17) is 19.8 Å². The van der Waals surface area contributed by atoms with Crippen molar-refractivity contribution in [3.05, 3.63) is 23.8 Å². The molecule has 0 bridgehead atoms. The molecule has 92 valence electrons. The van der Waals surface area contributed by atoms with Gasteiger partial charge in [0.1, 0.15) is 12.4 Å². The van der Waals surface area contributed by atoms with E-state index in [0.29, 0.717) is 13.2 Å². The van der Waals surface area contributed by atoms with Crippen molar-refractivity contribution in [2.45, 2.75) is 19.1 Å². The molecule has 1 aromatic carbocycles. The Morgan fingerprint density at radius 3 is 3.00 bits per heavy atom. The molecule has 0 amide bonds. The lowest BCUT2D eigenvalue weighted by atomic mass is 9.77. The van der Waals surface area contributed by atoms with Gasteiger partial charge in [0.2, 0.25) is 0 Å². The molecule has 0 spiro atoms. The molecule has 2 unspecified atom stereocenters. The van der Waals surface area contributed by atoms with Gasteiger partial charge >= 0.3 is 7.12 Å². The van der Waals surface area contributed by atoms with Gasteiger partial charge in [-0.25, -0.2) is 0 Å². The molecular formula is C11H15BClNO3. The number of hydrogen-bond acceptors (Lipinski definition) is 4. The van der Waals surface area contributed by atoms with E-state index in [1.165, 1.54) is 0 Å². The van der Waals surface area contributed by atoms with E-state index in [0.717, 1.165) is 16.8 Å². The van der Waals surface area contributed by atoms with Crippen LogP contribution in [-0.4, -0.2) is 26.4 Å². The molecule has 17 heavy (non-hydrogen) atoms. The highest BCUT2D eigenvalue weighted by Gasteiger charge is 2.42. The van der Waals surface area contributed by atoms with Crippen molar-refractivity contribution in [2.75, 3.05) is 13.2 Å². The largest absolute Gasteiger partial charge is 0.498 e. The van der Waals surface area contributed by atoms with Crippen LogP contribution < -0.4 is 15.9 Å². The molecule has 0 aromatic heterocycles. The monoisotopic (exact) mass is 255 g/mol. The van der Waals surface area contributed by atoms with Crippen LogP contribution in [0.15, 0.2) is 18.2 Å². The van der Waals surface area contributed by atoms with Gasteiger partial charge < -0.3 is 19.8 Å². The number of ether oxygens (including phenoxy) is 1. The number of nitrogens with two attached hydrogens (primary N) is 1. The number of benzene rings is 1. The van der Waals surface area contributed by atoms with E-state index >= 15 is 0 Å². The molecule has 0 fully saturated rings. The average molecular weight is 256 g/mol. The Bertz CT molecular complexity index is 418.